The summed E-state index contributed by atoms with van der Waals surface area (Å²) in [5.74, 6) is -1.44. The Morgan fingerprint density at radius 3 is 2.17 bits per heavy atom. The van der Waals surface area contributed by atoms with Gasteiger partial charge in [0, 0.05) is 5.56 Å². The van der Waals surface area contributed by atoms with Crippen LogP contribution in [0.4, 0.5) is 17.6 Å². The molecule has 2 aromatic rings. The highest BCUT2D eigenvalue weighted by Gasteiger charge is 2.37. The minimum absolute atomic E-state index is 0.126. The number of alkyl halides is 3. The molecule has 18 heavy (non-hydrogen) atoms. The Balaban J connectivity index is 2.52. The molecule has 0 saturated heterocycles. The maximum absolute atomic E-state index is 12.7. The normalized spacial score (nSPS) is 11.3. The molecule has 92 valence electrons. The van der Waals surface area contributed by atoms with Crippen LogP contribution in [0.2, 0.25) is 0 Å². The number of nitriles is 1. The number of hydrogen-bond acceptors (Lipinski definition) is 2. The summed E-state index contributed by atoms with van der Waals surface area (Å²) >= 11 is 0. The Labute approximate surface area is 99.1 Å². The number of hydrogen-bond donors (Lipinski definition) is 0. The molecule has 6 heteroatoms. The van der Waals surface area contributed by atoms with Crippen molar-refractivity contribution in [2.45, 2.75) is 6.18 Å². The first-order valence-corrected chi connectivity index (χ1v) is 4.79. The molecule has 0 bridgehead atoms. The predicted molar refractivity (Wildman–Crippen MR) is 53.8 cm³/mol. The van der Waals surface area contributed by atoms with E-state index in [4.69, 9.17) is 9.68 Å². The van der Waals surface area contributed by atoms with E-state index in [-0.39, 0.29) is 11.3 Å². The predicted octanol–water partition coefficient (Wildman–Crippen LogP) is 3.98. The number of furan rings is 1. The van der Waals surface area contributed by atoms with E-state index in [2.05, 4.69) is 0 Å². The van der Waals surface area contributed by atoms with Crippen molar-refractivity contribution in [1.82, 2.24) is 0 Å². The minimum atomic E-state index is -4.66. The maximum Gasteiger partial charge on any atom is 0.420 e. The van der Waals surface area contributed by atoms with E-state index in [1.807, 2.05) is 0 Å². The third-order valence-corrected chi connectivity index (χ3v) is 2.27. The number of halogens is 4. The summed E-state index contributed by atoms with van der Waals surface area (Å²) in [7, 11) is 0. The van der Waals surface area contributed by atoms with E-state index < -0.39 is 23.3 Å². The van der Waals surface area contributed by atoms with Crippen LogP contribution in [0.1, 0.15) is 11.3 Å². The number of rotatable bonds is 1. The van der Waals surface area contributed by atoms with Crippen LogP contribution in [0.15, 0.2) is 34.7 Å². The van der Waals surface area contributed by atoms with E-state index in [0.29, 0.717) is 0 Å². The third kappa shape index (κ3) is 2.20. The lowest BCUT2D eigenvalue weighted by Gasteiger charge is -2.00. The lowest BCUT2D eigenvalue weighted by Crippen LogP contribution is -2.04. The molecule has 0 fully saturated rings. The van der Waals surface area contributed by atoms with E-state index in [9.17, 15) is 17.6 Å². The van der Waals surface area contributed by atoms with Crippen molar-refractivity contribution in [3.05, 3.63) is 47.5 Å². The SMILES string of the molecule is N#Cc1oc(-c2ccc(F)cc2)cc1C(F)(F)F. The van der Waals surface area contributed by atoms with Crippen molar-refractivity contribution < 1.29 is 22.0 Å². The Kier molecular flexibility index (Phi) is 2.83. The monoisotopic (exact) mass is 255 g/mol. The Bertz CT molecular complexity index is 604. The van der Waals surface area contributed by atoms with Gasteiger partial charge in [-0.3, -0.25) is 0 Å². The van der Waals surface area contributed by atoms with Gasteiger partial charge in [-0.05, 0) is 30.3 Å². The van der Waals surface area contributed by atoms with Gasteiger partial charge < -0.3 is 4.42 Å². The van der Waals surface area contributed by atoms with Crippen molar-refractivity contribution in [2.75, 3.05) is 0 Å². The summed E-state index contributed by atoms with van der Waals surface area (Å²) < 4.78 is 55.2. The summed E-state index contributed by atoms with van der Waals surface area (Å²) in [6, 6.07) is 6.81. The molecule has 0 unspecified atom stereocenters. The quantitative estimate of drug-likeness (QED) is 0.723. The number of nitrogens with zero attached hydrogens (tertiary/aromatic N) is 1. The van der Waals surface area contributed by atoms with E-state index in [1.165, 1.54) is 18.2 Å². The number of benzene rings is 1. The van der Waals surface area contributed by atoms with Gasteiger partial charge in [0.1, 0.15) is 23.2 Å². The zero-order valence-electron chi connectivity index (χ0n) is 8.75. The molecule has 0 aliphatic carbocycles. The van der Waals surface area contributed by atoms with Crippen LogP contribution < -0.4 is 0 Å². The standard InChI is InChI=1S/C12H5F4NO/c13-8-3-1-7(2-4-8)10-5-9(12(14,15)16)11(6-17)18-10/h1-5H. The van der Waals surface area contributed by atoms with Gasteiger partial charge in [-0.25, -0.2) is 4.39 Å². The molecule has 1 aromatic heterocycles. The molecule has 1 aromatic carbocycles. The fraction of sp³-hybridized carbons (Fsp3) is 0.0833. The first kappa shape index (κ1) is 12.2. The molecule has 0 N–H and O–H groups in total. The summed E-state index contributed by atoms with van der Waals surface area (Å²) in [5, 5.41) is 8.58. The minimum Gasteiger partial charge on any atom is -0.445 e. The first-order valence-electron chi connectivity index (χ1n) is 4.79. The van der Waals surface area contributed by atoms with Crippen molar-refractivity contribution in [3.8, 4) is 17.4 Å². The summed E-state index contributed by atoms with van der Waals surface area (Å²) in [6.07, 6.45) is -4.66. The molecule has 2 nitrogen and oxygen atoms in total. The highest BCUT2D eigenvalue weighted by molar-refractivity contribution is 5.60. The molecule has 0 spiro atoms. The van der Waals surface area contributed by atoms with Crippen LogP contribution >= 0.6 is 0 Å². The van der Waals surface area contributed by atoms with Gasteiger partial charge in [0.05, 0.1) is 0 Å². The first-order chi connectivity index (χ1) is 8.41. The molecular weight excluding hydrogens is 250 g/mol. The summed E-state index contributed by atoms with van der Waals surface area (Å²) in [6.45, 7) is 0. The third-order valence-electron chi connectivity index (χ3n) is 2.27. The molecular formula is C12H5F4NO. The molecule has 0 atom stereocenters. The van der Waals surface area contributed by atoms with Gasteiger partial charge in [0.2, 0.25) is 5.76 Å². The fourth-order valence-corrected chi connectivity index (χ4v) is 1.44. The highest BCUT2D eigenvalue weighted by atomic mass is 19.4. The van der Waals surface area contributed by atoms with Gasteiger partial charge in [-0.2, -0.15) is 18.4 Å². The van der Waals surface area contributed by atoms with Crippen LogP contribution in [0.3, 0.4) is 0 Å². The second-order valence-electron chi connectivity index (χ2n) is 3.47. The van der Waals surface area contributed by atoms with Crippen molar-refractivity contribution in [2.24, 2.45) is 0 Å². The lowest BCUT2D eigenvalue weighted by molar-refractivity contribution is -0.138. The maximum atomic E-state index is 12.7. The largest absolute Gasteiger partial charge is 0.445 e. The summed E-state index contributed by atoms with van der Waals surface area (Å²) in [4.78, 5) is 0. The van der Waals surface area contributed by atoms with Crippen LogP contribution in [0.25, 0.3) is 11.3 Å². The van der Waals surface area contributed by atoms with Crippen LogP contribution in [0.5, 0.6) is 0 Å². The highest BCUT2D eigenvalue weighted by Crippen LogP contribution is 2.36. The second-order valence-corrected chi connectivity index (χ2v) is 3.47. The van der Waals surface area contributed by atoms with Gasteiger partial charge in [0.25, 0.3) is 0 Å². The van der Waals surface area contributed by atoms with Crippen molar-refractivity contribution >= 4 is 0 Å². The average molecular weight is 255 g/mol. The molecule has 1 heterocycles. The van der Waals surface area contributed by atoms with Crippen molar-refractivity contribution in [1.29, 1.82) is 5.26 Å². The van der Waals surface area contributed by atoms with Gasteiger partial charge in [-0.15, -0.1) is 0 Å². The molecule has 2 rings (SSSR count). The van der Waals surface area contributed by atoms with Gasteiger partial charge >= 0.3 is 6.18 Å². The average Bonchev–Trinajstić information content (AvgIpc) is 2.73. The molecule has 0 aliphatic rings. The smallest absolute Gasteiger partial charge is 0.420 e. The van der Waals surface area contributed by atoms with E-state index in [0.717, 1.165) is 18.2 Å². The second kappa shape index (κ2) is 4.18. The fourth-order valence-electron chi connectivity index (χ4n) is 1.44. The Morgan fingerprint density at radius 1 is 1.11 bits per heavy atom. The molecule has 0 radical (unpaired) electrons. The molecule has 0 amide bonds. The van der Waals surface area contributed by atoms with Gasteiger partial charge in [-0.1, -0.05) is 0 Å². The molecule has 0 saturated carbocycles. The zero-order chi connectivity index (χ0) is 13.3. The zero-order valence-corrected chi connectivity index (χ0v) is 8.75. The van der Waals surface area contributed by atoms with E-state index in [1.54, 1.807) is 0 Å². The van der Waals surface area contributed by atoms with Crippen LogP contribution in [-0.2, 0) is 6.18 Å². The van der Waals surface area contributed by atoms with E-state index >= 15 is 0 Å². The Morgan fingerprint density at radius 2 is 1.72 bits per heavy atom. The summed E-state index contributed by atoms with van der Waals surface area (Å²) in [5.41, 5.74) is -0.868. The lowest BCUT2D eigenvalue weighted by atomic mass is 10.1. The van der Waals surface area contributed by atoms with Gasteiger partial charge in [0.15, 0.2) is 0 Å². The van der Waals surface area contributed by atoms with Crippen LogP contribution in [-0.4, -0.2) is 0 Å². The Hall–Kier alpha value is -2.29. The van der Waals surface area contributed by atoms with Crippen LogP contribution in [0, 0.1) is 17.1 Å². The molecule has 0 aliphatic heterocycles. The van der Waals surface area contributed by atoms with Crippen molar-refractivity contribution in [3.63, 3.8) is 0 Å². The topological polar surface area (TPSA) is 36.9 Å².